The molecule has 20 heavy (non-hydrogen) atoms. The van der Waals surface area contributed by atoms with Gasteiger partial charge in [0.1, 0.15) is 0 Å². The summed E-state index contributed by atoms with van der Waals surface area (Å²) in [6.07, 6.45) is 5.86. The molecule has 1 aliphatic carbocycles. The monoisotopic (exact) mass is 293 g/mol. The van der Waals surface area contributed by atoms with Gasteiger partial charge in [-0.15, -0.1) is 0 Å². The number of anilines is 1. The molecule has 108 valence electrons. The molecule has 0 spiro atoms. The second-order valence-electron chi connectivity index (χ2n) is 6.06. The predicted molar refractivity (Wildman–Crippen MR) is 80.7 cm³/mol. The average Bonchev–Trinajstić information content (AvgIpc) is 3.19. The summed E-state index contributed by atoms with van der Waals surface area (Å²) in [5.74, 6) is -0.716. The van der Waals surface area contributed by atoms with Crippen LogP contribution in [-0.4, -0.2) is 24.2 Å². The maximum Gasteiger partial charge on any atom is 0.304 e. The summed E-state index contributed by atoms with van der Waals surface area (Å²) in [7, 11) is 0. The van der Waals surface area contributed by atoms with Gasteiger partial charge in [0, 0.05) is 29.2 Å². The molecule has 0 radical (unpaired) electrons. The van der Waals surface area contributed by atoms with Crippen LogP contribution >= 0.6 is 11.6 Å². The molecule has 0 unspecified atom stereocenters. The third kappa shape index (κ3) is 2.64. The van der Waals surface area contributed by atoms with Gasteiger partial charge in [-0.2, -0.15) is 0 Å². The largest absolute Gasteiger partial charge is 0.481 e. The fourth-order valence-corrected chi connectivity index (χ4v) is 3.50. The minimum atomic E-state index is -0.716. The Hall–Kier alpha value is -1.22. The molecule has 1 saturated heterocycles. The van der Waals surface area contributed by atoms with Gasteiger partial charge in [0.15, 0.2) is 0 Å². The Balaban J connectivity index is 1.96. The summed E-state index contributed by atoms with van der Waals surface area (Å²) in [5.41, 5.74) is 2.17. The van der Waals surface area contributed by atoms with Crippen molar-refractivity contribution in [3.05, 3.63) is 28.8 Å². The standard InChI is InChI=1S/C16H20ClNO2/c17-12-4-5-14(18-8-2-1-3-9-18)13(10-12)16(6-7-16)11-15(19)20/h4-5,10H,1-3,6-9,11H2,(H,19,20). The summed E-state index contributed by atoms with van der Waals surface area (Å²) in [6, 6.07) is 5.98. The number of hydrogen-bond acceptors (Lipinski definition) is 2. The lowest BCUT2D eigenvalue weighted by Crippen LogP contribution is -2.31. The number of carboxylic acids is 1. The Morgan fingerprint density at radius 1 is 1.25 bits per heavy atom. The molecule has 1 aliphatic heterocycles. The molecule has 0 bridgehead atoms. The van der Waals surface area contributed by atoms with Crippen LogP contribution in [0.1, 0.15) is 44.1 Å². The predicted octanol–water partition coefficient (Wildman–Crippen LogP) is 3.84. The molecule has 0 atom stereocenters. The number of nitrogens with zero attached hydrogens (tertiary/aromatic N) is 1. The number of piperidine rings is 1. The van der Waals surface area contributed by atoms with E-state index in [2.05, 4.69) is 11.0 Å². The maximum atomic E-state index is 11.2. The number of halogens is 1. The summed E-state index contributed by atoms with van der Waals surface area (Å²) < 4.78 is 0. The first-order chi connectivity index (χ1) is 9.61. The lowest BCUT2D eigenvalue weighted by Gasteiger charge is -2.32. The van der Waals surface area contributed by atoms with Crippen LogP contribution in [0.15, 0.2) is 18.2 Å². The van der Waals surface area contributed by atoms with E-state index in [0.29, 0.717) is 5.02 Å². The van der Waals surface area contributed by atoms with Gasteiger partial charge in [0.2, 0.25) is 0 Å². The van der Waals surface area contributed by atoms with E-state index in [1.165, 1.54) is 24.9 Å². The van der Waals surface area contributed by atoms with Crippen LogP contribution in [0.25, 0.3) is 0 Å². The Morgan fingerprint density at radius 3 is 2.55 bits per heavy atom. The molecule has 4 heteroatoms. The van der Waals surface area contributed by atoms with E-state index >= 15 is 0 Å². The van der Waals surface area contributed by atoms with Crippen molar-refractivity contribution in [2.24, 2.45) is 0 Å². The number of carboxylic acid groups (broad SMARTS) is 1. The van der Waals surface area contributed by atoms with Crippen molar-refractivity contribution < 1.29 is 9.90 Å². The minimum absolute atomic E-state index is 0.177. The zero-order chi connectivity index (χ0) is 14.2. The topological polar surface area (TPSA) is 40.5 Å². The molecule has 1 saturated carbocycles. The van der Waals surface area contributed by atoms with E-state index in [-0.39, 0.29) is 11.8 Å². The van der Waals surface area contributed by atoms with Crippen LogP contribution in [-0.2, 0) is 10.2 Å². The zero-order valence-electron chi connectivity index (χ0n) is 11.6. The first-order valence-corrected chi connectivity index (χ1v) is 7.75. The van der Waals surface area contributed by atoms with E-state index in [9.17, 15) is 9.90 Å². The van der Waals surface area contributed by atoms with E-state index in [1.807, 2.05) is 12.1 Å². The summed E-state index contributed by atoms with van der Waals surface area (Å²) in [6.45, 7) is 2.13. The number of benzene rings is 1. The number of carbonyl (C=O) groups is 1. The van der Waals surface area contributed by atoms with Crippen molar-refractivity contribution in [3.63, 3.8) is 0 Å². The van der Waals surface area contributed by atoms with Crippen molar-refractivity contribution in [2.75, 3.05) is 18.0 Å². The van der Waals surface area contributed by atoms with Gasteiger partial charge >= 0.3 is 5.97 Å². The molecule has 0 aromatic heterocycles. The molecule has 1 heterocycles. The Labute approximate surface area is 124 Å². The molecular weight excluding hydrogens is 274 g/mol. The Morgan fingerprint density at radius 2 is 1.95 bits per heavy atom. The van der Waals surface area contributed by atoms with Gasteiger partial charge in [0.25, 0.3) is 0 Å². The van der Waals surface area contributed by atoms with E-state index in [0.717, 1.165) is 31.5 Å². The number of hydrogen-bond donors (Lipinski definition) is 1. The zero-order valence-corrected chi connectivity index (χ0v) is 12.3. The van der Waals surface area contributed by atoms with Crippen molar-refractivity contribution >= 4 is 23.3 Å². The van der Waals surface area contributed by atoms with Crippen molar-refractivity contribution in [2.45, 2.75) is 43.9 Å². The van der Waals surface area contributed by atoms with Crippen LogP contribution in [0.3, 0.4) is 0 Å². The van der Waals surface area contributed by atoms with Gasteiger partial charge in [-0.3, -0.25) is 4.79 Å². The maximum absolute atomic E-state index is 11.2. The lowest BCUT2D eigenvalue weighted by molar-refractivity contribution is -0.137. The van der Waals surface area contributed by atoms with Gasteiger partial charge in [-0.05, 0) is 55.9 Å². The van der Waals surface area contributed by atoms with Crippen LogP contribution < -0.4 is 4.90 Å². The van der Waals surface area contributed by atoms with Crippen molar-refractivity contribution in [3.8, 4) is 0 Å². The first kappa shape index (κ1) is 13.7. The van der Waals surface area contributed by atoms with Crippen LogP contribution in [0, 0.1) is 0 Å². The fourth-order valence-electron chi connectivity index (χ4n) is 3.33. The second kappa shape index (κ2) is 5.28. The van der Waals surface area contributed by atoms with Crippen molar-refractivity contribution in [1.82, 2.24) is 0 Å². The van der Waals surface area contributed by atoms with E-state index in [4.69, 9.17) is 11.6 Å². The molecule has 1 aromatic carbocycles. The third-order valence-corrected chi connectivity index (χ3v) is 4.80. The van der Waals surface area contributed by atoms with Crippen LogP contribution in [0.2, 0.25) is 5.02 Å². The molecule has 2 fully saturated rings. The molecule has 1 N–H and O–H groups in total. The second-order valence-corrected chi connectivity index (χ2v) is 6.50. The lowest BCUT2D eigenvalue weighted by atomic mass is 9.90. The number of rotatable bonds is 4. The first-order valence-electron chi connectivity index (χ1n) is 7.38. The van der Waals surface area contributed by atoms with Gasteiger partial charge in [-0.25, -0.2) is 0 Å². The molecule has 1 aromatic rings. The molecule has 2 aliphatic rings. The fraction of sp³-hybridized carbons (Fsp3) is 0.562. The highest BCUT2D eigenvalue weighted by Gasteiger charge is 2.47. The summed E-state index contributed by atoms with van der Waals surface area (Å²) >= 11 is 6.16. The van der Waals surface area contributed by atoms with E-state index in [1.54, 1.807) is 0 Å². The Bertz CT molecular complexity index is 519. The van der Waals surface area contributed by atoms with Crippen LogP contribution in [0.5, 0.6) is 0 Å². The Kier molecular flexibility index (Phi) is 3.63. The molecule has 0 amide bonds. The number of aliphatic carboxylic acids is 1. The normalized spacial score (nSPS) is 20.8. The van der Waals surface area contributed by atoms with Crippen molar-refractivity contribution in [1.29, 1.82) is 0 Å². The smallest absolute Gasteiger partial charge is 0.304 e. The summed E-state index contributed by atoms with van der Waals surface area (Å²) in [4.78, 5) is 13.6. The highest BCUT2D eigenvalue weighted by Crippen LogP contribution is 2.54. The SMILES string of the molecule is O=C(O)CC1(c2cc(Cl)ccc2N2CCCCC2)CC1. The molecule has 3 rings (SSSR count). The third-order valence-electron chi connectivity index (χ3n) is 4.57. The molecule has 3 nitrogen and oxygen atoms in total. The minimum Gasteiger partial charge on any atom is -0.481 e. The highest BCUT2D eigenvalue weighted by atomic mass is 35.5. The van der Waals surface area contributed by atoms with Gasteiger partial charge in [0.05, 0.1) is 6.42 Å². The van der Waals surface area contributed by atoms with E-state index < -0.39 is 5.97 Å². The average molecular weight is 294 g/mol. The van der Waals surface area contributed by atoms with Crippen LogP contribution in [0.4, 0.5) is 5.69 Å². The van der Waals surface area contributed by atoms with Gasteiger partial charge in [-0.1, -0.05) is 11.6 Å². The molecular formula is C16H20ClNO2. The quantitative estimate of drug-likeness (QED) is 0.917. The summed E-state index contributed by atoms with van der Waals surface area (Å²) in [5, 5.41) is 9.88. The highest BCUT2D eigenvalue weighted by molar-refractivity contribution is 6.30. The van der Waals surface area contributed by atoms with Gasteiger partial charge < -0.3 is 10.0 Å².